The van der Waals surface area contributed by atoms with Crippen LogP contribution in [0.1, 0.15) is 37.3 Å². The van der Waals surface area contributed by atoms with E-state index in [0.717, 1.165) is 0 Å². The maximum atomic E-state index is 13.7. The number of amides is 1. The van der Waals surface area contributed by atoms with Crippen molar-refractivity contribution in [1.29, 1.82) is 0 Å². The maximum Gasteiger partial charge on any atom is 0.303 e. The number of hydrogen-bond acceptors (Lipinski definition) is 3. The number of rotatable bonds is 4. The molecule has 1 aliphatic heterocycles. The van der Waals surface area contributed by atoms with Gasteiger partial charge in [0.1, 0.15) is 0 Å². The molecule has 1 unspecified atom stereocenters. The number of benzene rings is 1. The van der Waals surface area contributed by atoms with Gasteiger partial charge >= 0.3 is 5.97 Å². The quantitative estimate of drug-likeness (QED) is 0.885. The molecule has 0 fully saturated rings. The van der Waals surface area contributed by atoms with Crippen LogP contribution < -0.4 is 10.1 Å². The minimum absolute atomic E-state index is 0.0860. The van der Waals surface area contributed by atoms with Crippen molar-refractivity contribution in [1.82, 2.24) is 5.32 Å². The molecular formula is C14H16FNO4. The first-order valence-electron chi connectivity index (χ1n) is 6.50. The number of carbonyl (C=O) groups is 2. The lowest BCUT2D eigenvalue weighted by molar-refractivity contribution is -0.138. The number of carbonyl (C=O) groups excluding carboxylic acids is 1. The summed E-state index contributed by atoms with van der Waals surface area (Å²) in [7, 11) is 0. The summed E-state index contributed by atoms with van der Waals surface area (Å²) in [5.74, 6) is -1.65. The molecule has 0 aliphatic carbocycles. The number of aliphatic carboxylic acids is 1. The van der Waals surface area contributed by atoms with E-state index < -0.39 is 11.8 Å². The molecule has 2 rings (SSSR count). The zero-order valence-electron chi connectivity index (χ0n) is 10.9. The van der Waals surface area contributed by atoms with Gasteiger partial charge in [0.25, 0.3) is 0 Å². The molecule has 0 saturated heterocycles. The molecule has 2 N–H and O–H groups in total. The van der Waals surface area contributed by atoms with Gasteiger partial charge in [0, 0.05) is 12.0 Å². The molecule has 0 bridgehead atoms. The van der Waals surface area contributed by atoms with Crippen LogP contribution in [0.4, 0.5) is 4.39 Å². The van der Waals surface area contributed by atoms with E-state index in [1.54, 1.807) is 12.1 Å². The first-order valence-corrected chi connectivity index (χ1v) is 6.50. The molecular weight excluding hydrogens is 265 g/mol. The molecule has 0 saturated carbocycles. The van der Waals surface area contributed by atoms with Gasteiger partial charge < -0.3 is 15.2 Å². The summed E-state index contributed by atoms with van der Waals surface area (Å²) in [6.07, 6.45) is 1.02. The number of para-hydroxylation sites is 1. The lowest BCUT2D eigenvalue weighted by atomic mass is 10.0. The Labute approximate surface area is 115 Å². The van der Waals surface area contributed by atoms with Crippen LogP contribution in [0.15, 0.2) is 18.2 Å². The van der Waals surface area contributed by atoms with Gasteiger partial charge in [-0.25, -0.2) is 4.39 Å². The van der Waals surface area contributed by atoms with Crippen LogP contribution >= 0.6 is 0 Å². The molecule has 1 aliphatic rings. The Hall–Kier alpha value is -2.11. The molecule has 5 nitrogen and oxygen atoms in total. The average Bonchev–Trinajstić information content (AvgIpc) is 2.60. The standard InChI is InChI=1S/C14H16FNO4/c15-10-4-1-3-9-11(5-2-8-20-14(9)10)16-12(17)6-7-13(18)19/h1,3-4,11H,2,5-8H2,(H,16,17)(H,18,19). The molecule has 1 heterocycles. The van der Waals surface area contributed by atoms with E-state index in [9.17, 15) is 14.0 Å². The van der Waals surface area contributed by atoms with Crippen molar-refractivity contribution in [2.24, 2.45) is 0 Å². The summed E-state index contributed by atoms with van der Waals surface area (Å²) in [6.45, 7) is 0.398. The van der Waals surface area contributed by atoms with Gasteiger partial charge in [0.2, 0.25) is 5.91 Å². The molecule has 1 aromatic rings. The Morgan fingerprint density at radius 2 is 2.20 bits per heavy atom. The zero-order valence-corrected chi connectivity index (χ0v) is 10.9. The van der Waals surface area contributed by atoms with Gasteiger partial charge in [0.15, 0.2) is 11.6 Å². The molecule has 0 spiro atoms. The van der Waals surface area contributed by atoms with Crippen molar-refractivity contribution in [3.05, 3.63) is 29.6 Å². The van der Waals surface area contributed by atoms with E-state index in [-0.39, 0.29) is 30.5 Å². The fourth-order valence-electron chi connectivity index (χ4n) is 2.21. The summed E-state index contributed by atoms with van der Waals surface area (Å²) >= 11 is 0. The van der Waals surface area contributed by atoms with Crippen molar-refractivity contribution in [3.63, 3.8) is 0 Å². The Bertz CT molecular complexity index is 518. The topological polar surface area (TPSA) is 75.6 Å². The minimum Gasteiger partial charge on any atom is -0.490 e. The fourth-order valence-corrected chi connectivity index (χ4v) is 2.21. The summed E-state index contributed by atoms with van der Waals surface area (Å²) in [6, 6.07) is 4.25. The largest absolute Gasteiger partial charge is 0.490 e. The van der Waals surface area contributed by atoms with E-state index in [0.29, 0.717) is 25.0 Å². The predicted octanol–water partition coefficient (Wildman–Crippen LogP) is 2.02. The summed E-state index contributed by atoms with van der Waals surface area (Å²) in [4.78, 5) is 22.2. The highest BCUT2D eigenvalue weighted by molar-refractivity contribution is 5.81. The van der Waals surface area contributed by atoms with Gasteiger partial charge in [-0.2, -0.15) is 0 Å². The van der Waals surface area contributed by atoms with E-state index in [4.69, 9.17) is 9.84 Å². The lowest BCUT2D eigenvalue weighted by Crippen LogP contribution is -2.28. The summed E-state index contributed by atoms with van der Waals surface area (Å²) in [5, 5.41) is 11.3. The molecule has 0 aromatic heterocycles. The smallest absolute Gasteiger partial charge is 0.303 e. The van der Waals surface area contributed by atoms with Crippen molar-refractivity contribution in [2.75, 3.05) is 6.61 Å². The van der Waals surface area contributed by atoms with Crippen molar-refractivity contribution >= 4 is 11.9 Å². The van der Waals surface area contributed by atoms with Gasteiger partial charge in [-0.3, -0.25) is 9.59 Å². The lowest BCUT2D eigenvalue weighted by Gasteiger charge is -2.18. The number of carboxylic acids is 1. The van der Waals surface area contributed by atoms with Crippen LogP contribution in [-0.4, -0.2) is 23.6 Å². The Balaban J connectivity index is 2.10. The Morgan fingerprint density at radius 3 is 2.95 bits per heavy atom. The second kappa shape index (κ2) is 6.36. The number of nitrogens with one attached hydrogen (secondary N) is 1. The maximum absolute atomic E-state index is 13.7. The van der Waals surface area contributed by atoms with E-state index >= 15 is 0 Å². The molecule has 1 atom stereocenters. The second-order valence-electron chi connectivity index (χ2n) is 4.66. The normalized spacial score (nSPS) is 17.6. The van der Waals surface area contributed by atoms with E-state index in [1.807, 2.05) is 0 Å². The first-order chi connectivity index (χ1) is 9.58. The number of fused-ring (bicyclic) bond motifs is 1. The summed E-state index contributed by atoms with van der Waals surface area (Å²) < 4.78 is 19.1. The number of carboxylic acid groups (broad SMARTS) is 1. The van der Waals surface area contributed by atoms with Gasteiger partial charge in [0.05, 0.1) is 19.1 Å². The third-order valence-corrected chi connectivity index (χ3v) is 3.16. The highest BCUT2D eigenvalue weighted by Crippen LogP contribution is 2.33. The van der Waals surface area contributed by atoms with E-state index in [1.165, 1.54) is 6.07 Å². The number of hydrogen-bond donors (Lipinski definition) is 2. The van der Waals surface area contributed by atoms with E-state index in [2.05, 4.69) is 5.32 Å². The third kappa shape index (κ3) is 3.46. The molecule has 0 radical (unpaired) electrons. The molecule has 108 valence electrons. The predicted molar refractivity (Wildman–Crippen MR) is 68.9 cm³/mol. The summed E-state index contributed by atoms with van der Waals surface area (Å²) in [5.41, 5.74) is 0.603. The van der Waals surface area contributed by atoms with Crippen LogP contribution in [0.2, 0.25) is 0 Å². The zero-order chi connectivity index (χ0) is 14.5. The second-order valence-corrected chi connectivity index (χ2v) is 4.66. The van der Waals surface area contributed by atoms with Crippen LogP contribution in [0.5, 0.6) is 5.75 Å². The molecule has 1 amide bonds. The van der Waals surface area contributed by atoms with Gasteiger partial charge in [-0.15, -0.1) is 0 Å². The fraction of sp³-hybridized carbons (Fsp3) is 0.429. The number of ether oxygens (including phenoxy) is 1. The monoisotopic (exact) mass is 281 g/mol. The van der Waals surface area contributed by atoms with Crippen LogP contribution in [-0.2, 0) is 9.59 Å². The Kier molecular flexibility index (Phi) is 4.55. The van der Waals surface area contributed by atoms with Crippen molar-refractivity contribution < 1.29 is 23.8 Å². The van der Waals surface area contributed by atoms with Gasteiger partial charge in [-0.1, -0.05) is 12.1 Å². The minimum atomic E-state index is -1.02. The number of halogens is 1. The SMILES string of the molecule is O=C(O)CCC(=O)NC1CCCOc2c(F)cccc21. The van der Waals surface area contributed by atoms with Crippen LogP contribution in [0.3, 0.4) is 0 Å². The highest BCUT2D eigenvalue weighted by atomic mass is 19.1. The molecule has 20 heavy (non-hydrogen) atoms. The van der Waals surface area contributed by atoms with Crippen LogP contribution in [0.25, 0.3) is 0 Å². The first kappa shape index (κ1) is 14.3. The average molecular weight is 281 g/mol. The molecule has 6 heteroatoms. The molecule has 1 aromatic carbocycles. The Morgan fingerprint density at radius 1 is 1.40 bits per heavy atom. The van der Waals surface area contributed by atoms with Crippen LogP contribution in [0, 0.1) is 5.82 Å². The van der Waals surface area contributed by atoms with Gasteiger partial charge in [-0.05, 0) is 18.9 Å². The third-order valence-electron chi connectivity index (χ3n) is 3.16. The highest BCUT2D eigenvalue weighted by Gasteiger charge is 2.23. The van der Waals surface area contributed by atoms with Crippen molar-refractivity contribution in [3.8, 4) is 5.75 Å². The van der Waals surface area contributed by atoms with Crippen molar-refractivity contribution in [2.45, 2.75) is 31.7 Å².